The number of halogens is 1. The Morgan fingerprint density at radius 2 is 1.75 bits per heavy atom. The minimum Gasteiger partial charge on any atom is -0.207 e. The summed E-state index contributed by atoms with van der Waals surface area (Å²) < 4.78 is 28.3. The van der Waals surface area contributed by atoms with E-state index < -0.39 is 10.0 Å². The summed E-state index contributed by atoms with van der Waals surface area (Å²) in [6, 6.07) is 7.35. The minimum atomic E-state index is -3.37. The highest BCUT2D eigenvalue weighted by Gasteiger charge is 2.40. The first-order valence-corrected chi connectivity index (χ1v) is 9.60. The molecule has 1 atom stereocenters. The van der Waals surface area contributed by atoms with Gasteiger partial charge in [0.15, 0.2) is 0 Å². The summed E-state index contributed by atoms with van der Waals surface area (Å²) >= 11 is 3.38. The van der Waals surface area contributed by atoms with Crippen LogP contribution in [0.3, 0.4) is 0 Å². The fourth-order valence-corrected chi connectivity index (χ4v) is 6.38. The normalized spacial score (nSPS) is 25.4. The van der Waals surface area contributed by atoms with Crippen LogP contribution >= 0.6 is 15.9 Å². The number of nitrogens with zero attached hydrogens (tertiary/aromatic N) is 1. The first kappa shape index (κ1) is 14.5. The van der Waals surface area contributed by atoms with E-state index in [2.05, 4.69) is 15.9 Å². The second kappa shape index (κ2) is 5.78. The highest BCUT2D eigenvalue weighted by atomic mass is 79.9. The maximum absolute atomic E-state index is 12.9. The van der Waals surface area contributed by atoms with E-state index in [1.807, 2.05) is 6.07 Å². The molecule has 1 heterocycles. The summed E-state index contributed by atoms with van der Waals surface area (Å²) in [6.07, 6.45) is 6.90. The van der Waals surface area contributed by atoms with Gasteiger partial charge in [0.25, 0.3) is 0 Å². The summed E-state index contributed by atoms with van der Waals surface area (Å²) in [6.45, 7) is 0.671. The Kier molecular flexibility index (Phi) is 4.20. The Bertz CT molecular complexity index is 581. The van der Waals surface area contributed by atoms with Crippen LogP contribution in [0.25, 0.3) is 0 Å². The second-order valence-electron chi connectivity index (χ2n) is 5.80. The second-order valence-corrected chi connectivity index (χ2v) is 8.51. The lowest BCUT2D eigenvalue weighted by Crippen LogP contribution is -2.39. The summed E-state index contributed by atoms with van der Waals surface area (Å²) in [4.78, 5) is 0.407. The van der Waals surface area contributed by atoms with Crippen molar-refractivity contribution in [1.29, 1.82) is 0 Å². The molecule has 2 fully saturated rings. The van der Waals surface area contributed by atoms with Crippen molar-refractivity contribution in [3.05, 3.63) is 28.7 Å². The molecule has 1 saturated carbocycles. The molecule has 1 aromatic carbocycles. The van der Waals surface area contributed by atoms with Gasteiger partial charge in [0.2, 0.25) is 10.0 Å². The summed E-state index contributed by atoms with van der Waals surface area (Å²) in [7, 11) is -3.37. The zero-order chi connectivity index (χ0) is 14.2. The van der Waals surface area contributed by atoms with Crippen molar-refractivity contribution < 1.29 is 8.42 Å². The summed E-state index contributed by atoms with van der Waals surface area (Å²) in [5.41, 5.74) is 0. The standard InChI is InChI=1S/C15H20BrNO2S/c16-13-8-3-4-10-15(13)20(18,19)17-11-5-9-14(17)12-6-1-2-7-12/h3-4,8,10,12,14H,1-2,5-7,9,11H2. The fourth-order valence-electron chi connectivity index (χ4n) is 3.66. The lowest BCUT2D eigenvalue weighted by Gasteiger charge is -2.29. The molecule has 2 aliphatic rings. The molecule has 1 unspecified atom stereocenters. The topological polar surface area (TPSA) is 37.4 Å². The molecule has 0 N–H and O–H groups in total. The van der Waals surface area contributed by atoms with Gasteiger partial charge in [-0.2, -0.15) is 4.31 Å². The maximum Gasteiger partial charge on any atom is 0.244 e. The van der Waals surface area contributed by atoms with Crippen molar-refractivity contribution in [3.8, 4) is 0 Å². The number of sulfonamides is 1. The lowest BCUT2D eigenvalue weighted by molar-refractivity contribution is 0.288. The average molecular weight is 358 g/mol. The van der Waals surface area contributed by atoms with Gasteiger partial charge in [0.05, 0.1) is 4.90 Å². The predicted octanol–water partition coefficient (Wildman–Crippen LogP) is 3.79. The third-order valence-corrected chi connectivity index (χ3v) is 7.55. The van der Waals surface area contributed by atoms with Gasteiger partial charge in [0.1, 0.15) is 0 Å². The molecule has 1 aliphatic heterocycles. The van der Waals surface area contributed by atoms with Crippen LogP contribution in [0.1, 0.15) is 38.5 Å². The van der Waals surface area contributed by atoms with Crippen molar-refractivity contribution in [2.45, 2.75) is 49.5 Å². The molecular weight excluding hydrogens is 338 g/mol. The van der Waals surface area contributed by atoms with E-state index in [4.69, 9.17) is 0 Å². The van der Waals surface area contributed by atoms with Gasteiger partial charge in [-0.1, -0.05) is 25.0 Å². The highest BCUT2D eigenvalue weighted by Crippen LogP contribution is 2.38. The first-order chi connectivity index (χ1) is 9.60. The highest BCUT2D eigenvalue weighted by molar-refractivity contribution is 9.10. The Balaban J connectivity index is 1.92. The van der Waals surface area contributed by atoms with Crippen LogP contribution in [0.5, 0.6) is 0 Å². The molecule has 20 heavy (non-hydrogen) atoms. The monoisotopic (exact) mass is 357 g/mol. The first-order valence-electron chi connectivity index (χ1n) is 7.37. The van der Waals surface area contributed by atoms with Crippen molar-refractivity contribution in [1.82, 2.24) is 4.31 Å². The number of hydrogen-bond donors (Lipinski definition) is 0. The van der Waals surface area contributed by atoms with Crippen molar-refractivity contribution in [2.24, 2.45) is 5.92 Å². The molecule has 0 bridgehead atoms. The van der Waals surface area contributed by atoms with Crippen LogP contribution in [0, 0.1) is 5.92 Å². The van der Waals surface area contributed by atoms with Crippen LogP contribution in [-0.4, -0.2) is 25.3 Å². The van der Waals surface area contributed by atoms with Crippen molar-refractivity contribution in [2.75, 3.05) is 6.54 Å². The third-order valence-electron chi connectivity index (χ3n) is 4.62. The SMILES string of the molecule is O=S(=O)(c1ccccc1Br)N1CCCC1C1CCCC1. The van der Waals surface area contributed by atoms with Crippen LogP contribution < -0.4 is 0 Å². The molecule has 3 nitrogen and oxygen atoms in total. The van der Waals surface area contributed by atoms with Crippen molar-refractivity contribution >= 4 is 26.0 Å². The van der Waals surface area contributed by atoms with E-state index in [1.165, 1.54) is 25.7 Å². The molecule has 0 aromatic heterocycles. The quantitative estimate of drug-likeness (QED) is 0.824. The minimum absolute atomic E-state index is 0.217. The molecule has 0 radical (unpaired) electrons. The van der Waals surface area contributed by atoms with Gasteiger partial charge in [0, 0.05) is 17.1 Å². The molecule has 110 valence electrons. The lowest BCUT2D eigenvalue weighted by atomic mass is 9.97. The fraction of sp³-hybridized carbons (Fsp3) is 0.600. The van der Waals surface area contributed by atoms with Gasteiger partial charge < -0.3 is 0 Å². The Morgan fingerprint density at radius 3 is 2.45 bits per heavy atom. The number of hydrogen-bond acceptors (Lipinski definition) is 2. The largest absolute Gasteiger partial charge is 0.244 e. The van der Waals surface area contributed by atoms with Crippen LogP contribution in [0.15, 0.2) is 33.6 Å². The summed E-state index contributed by atoms with van der Waals surface area (Å²) in [5.74, 6) is 0.565. The predicted molar refractivity (Wildman–Crippen MR) is 83.0 cm³/mol. The zero-order valence-corrected chi connectivity index (χ0v) is 13.9. The van der Waals surface area contributed by atoms with E-state index in [0.717, 1.165) is 12.8 Å². The smallest absolute Gasteiger partial charge is 0.207 e. The zero-order valence-electron chi connectivity index (χ0n) is 11.5. The molecular formula is C15H20BrNO2S. The Morgan fingerprint density at radius 1 is 1.05 bits per heavy atom. The Hall–Kier alpha value is -0.390. The molecule has 1 aromatic rings. The van der Waals surface area contributed by atoms with Crippen LogP contribution in [-0.2, 0) is 10.0 Å². The number of benzene rings is 1. The third kappa shape index (κ3) is 2.55. The van der Waals surface area contributed by atoms with Gasteiger partial charge in [-0.25, -0.2) is 8.42 Å². The van der Waals surface area contributed by atoms with Gasteiger partial charge >= 0.3 is 0 Å². The summed E-state index contributed by atoms with van der Waals surface area (Å²) in [5, 5.41) is 0. The Labute approximate surface area is 129 Å². The van der Waals surface area contributed by atoms with Crippen LogP contribution in [0.4, 0.5) is 0 Å². The maximum atomic E-state index is 12.9. The molecule has 0 amide bonds. The molecule has 3 rings (SSSR count). The van der Waals surface area contributed by atoms with E-state index in [-0.39, 0.29) is 6.04 Å². The average Bonchev–Trinajstić information content (AvgIpc) is 3.10. The van der Waals surface area contributed by atoms with Crippen LogP contribution in [0.2, 0.25) is 0 Å². The van der Waals surface area contributed by atoms with E-state index >= 15 is 0 Å². The van der Waals surface area contributed by atoms with Gasteiger partial charge in [-0.15, -0.1) is 0 Å². The van der Waals surface area contributed by atoms with E-state index in [1.54, 1.807) is 22.5 Å². The van der Waals surface area contributed by atoms with E-state index in [0.29, 0.717) is 21.8 Å². The van der Waals surface area contributed by atoms with E-state index in [9.17, 15) is 8.42 Å². The molecule has 5 heteroatoms. The van der Waals surface area contributed by atoms with Gasteiger partial charge in [-0.05, 0) is 59.7 Å². The van der Waals surface area contributed by atoms with Crippen molar-refractivity contribution in [3.63, 3.8) is 0 Å². The number of rotatable bonds is 3. The van der Waals surface area contributed by atoms with Gasteiger partial charge in [-0.3, -0.25) is 0 Å². The molecule has 0 spiro atoms. The molecule has 1 saturated heterocycles. The molecule has 1 aliphatic carbocycles.